The molecule has 0 bridgehead atoms. The fourth-order valence-corrected chi connectivity index (χ4v) is 4.19. The lowest BCUT2D eigenvalue weighted by Gasteiger charge is -2.28. The average molecular weight is 352 g/mol. The monoisotopic (exact) mass is 352 g/mol. The Balaban J connectivity index is 1.90. The second kappa shape index (κ2) is 7.77. The molecule has 0 amide bonds. The van der Waals surface area contributed by atoms with Gasteiger partial charge >= 0.3 is 8.80 Å². The van der Waals surface area contributed by atoms with Crippen LogP contribution < -0.4 is 18.0 Å². The standard InChI is InChI=1S/C20H20O4Si/c1-21-19-15-9-10-16-20(19)24-25(2,22-17-11-5-3-6-12-17)23-18-13-7-4-8-14-18/h3-16H,1-2H3. The highest BCUT2D eigenvalue weighted by atomic mass is 28.4. The molecule has 0 saturated carbocycles. The van der Waals surface area contributed by atoms with Gasteiger partial charge in [-0.05, 0) is 36.4 Å². The molecule has 3 rings (SSSR count). The zero-order valence-electron chi connectivity index (χ0n) is 14.2. The van der Waals surface area contributed by atoms with E-state index in [1.165, 1.54) is 0 Å². The summed E-state index contributed by atoms with van der Waals surface area (Å²) in [5.41, 5.74) is 0. The maximum atomic E-state index is 6.20. The minimum atomic E-state index is -3.10. The summed E-state index contributed by atoms with van der Waals surface area (Å²) in [6.07, 6.45) is 0. The molecule has 0 spiro atoms. The Bertz CT molecular complexity index is 752. The van der Waals surface area contributed by atoms with E-state index in [1.807, 2.05) is 91.5 Å². The van der Waals surface area contributed by atoms with Crippen molar-refractivity contribution in [3.63, 3.8) is 0 Å². The lowest BCUT2D eigenvalue weighted by Crippen LogP contribution is -2.52. The lowest BCUT2D eigenvalue weighted by atomic mass is 10.3. The van der Waals surface area contributed by atoms with Crippen LogP contribution in [-0.2, 0) is 0 Å². The molecule has 25 heavy (non-hydrogen) atoms. The maximum absolute atomic E-state index is 6.20. The van der Waals surface area contributed by atoms with Gasteiger partial charge in [-0.2, -0.15) is 0 Å². The van der Waals surface area contributed by atoms with Crippen LogP contribution in [0.3, 0.4) is 0 Å². The first kappa shape index (κ1) is 16.9. The van der Waals surface area contributed by atoms with Crippen molar-refractivity contribution in [2.75, 3.05) is 7.11 Å². The molecule has 128 valence electrons. The van der Waals surface area contributed by atoms with Gasteiger partial charge in [0.05, 0.1) is 7.11 Å². The highest BCUT2D eigenvalue weighted by molar-refractivity contribution is 6.61. The van der Waals surface area contributed by atoms with E-state index in [1.54, 1.807) is 7.11 Å². The van der Waals surface area contributed by atoms with Crippen LogP contribution in [0.2, 0.25) is 6.55 Å². The predicted molar refractivity (Wildman–Crippen MR) is 99.4 cm³/mol. The zero-order chi connectivity index (χ0) is 17.5. The van der Waals surface area contributed by atoms with E-state index in [-0.39, 0.29) is 0 Å². The summed E-state index contributed by atoms with van der Waals surface area (Å²) in [5, 5.41) is 0. The molecule has 0 aliphatic heterocycles. The molecule has 0 heterocycles. The Morgan fingerprint density at radius 3 is 1.48 bits per heavy atom. The molecule has 0 atom stereocenters. The van der Waals surface area contributed by atoms with Crippen LogP contribution in [0.5, 0.6) is 23.0 Å². The van der Waals surface area contributed by atoms with Gasteiger partial charge in [0.25, 0.3) is 0 Å². The summed E-state index contributed by atoms with van der Waals surface area (Å²) in [6.45, 7) is 1.86. The second-order valence-electron chi connectivity index (χ2n) is 5.45. The third-order valence-electron chi connectivity index (χ3n) is 3.46. The fourth-order valence-electron chi connectivity index (χ4n) is 2.37. The van der Waals surface area contributed by atoms with Gasteiger partial charge in [-0.15, -0.1) is 0 Å². The van der Waals surface area contributed by atoms with E-state index in [0.29, 0.717) is 23.0 Å². The number of hydrogen-bond donors (Lipinski definition) is 0. The highest BCUT2D eigenvalue weighted by Crippen LogP contribution is 2.30. The molecule has 3 aromatic carbocycles. The fraction of sp³-hybridized carbons (Fsp3) is 0.100. The summed E-state index contributed by atoms with van der Waals surface area (Å²) < 4.78 is 23.9. The Labute approximate surface area is 148 Å². The molecule has 3 aromatic rings. The predicted octanol–water partition coefficient (Wildman–Crippen LogP) is 4.80. The minimum Gasteiger partial charge on any atom is -0.493 e. The molecule has 5 heteroatoms. The SMILES string of the molecule is COc1ccccc1O[Si](C)(Oc1ccccc1)Oc1ccccc1. The Kier molecular flexibility index (Phi) is 5.25. The van der Waals surface area contributed by atoms with Crippen LogP contribution in [0.1, 0.15) is 0 Å². The summed E-state index contributed by atoms with van der Waals surface area (Å²) in [7, 11) is -1.49. The van der Waals surface area contributed by atoms with Crippen molar-refractivity contribution in [2.45, 2.75) is 6.55 Å². The quantitative estimate of drug-likeness (QED) is 0.572. The van der Waals surface area contributed by atoms with Crippen LogP contribution in [-0.4, -0.2) is 15.9 Å². The molecule has 0 aliphatic rings. The highest BCUT2D eigenvalue weighted by Gasteiger charge is 2.43. The van der Waals surface area contributed by atoms with Crippen molar-refractivity contribution in [2.24, 2.45) is 0 Å². The molecule has 0 unspecified atom stereocenters. The number of benzene rings is 3. The normalized spacial score (nSPS) is 10.8. The van der Waals surface area contributed by atoms with Gasteiger partial charge < -0.3 is 18.0 Å². The molecule has 0 saturated heterocycles. The summed E-state index contributed by atoms with van der Waals surface area (Å²) >= 11 is 0. The average Bonchev–Trinajstić information content (AvgIpc) is 2.63. The van der Waals surface area contributed by atoms with Crippen molar-refractivity contribution in [3.05, 3.63) is 84.9 Å². The third kappa shape index (κ3) is 4.55. The second-order valence-corrected chi connectivity index (χ2v) is 7.78. The Hall–Kier alpha value is -2.92. The number of rotatable bonds is 7. The first-order valence-electron chi connectivity index (χ1n) is 7.99. The molecule has 0 aliphatic carbocycles. The van der Waals surface area contributed by atoms with Crippen molar-refractivity contribution in [1.82, 2.24) is 0 Å². The number of hydrogen-bond acceptors (Lipinski definition) is 4. The van der Waals surface area contributed by atoms with Crippen molar-refractivity contribution < 1.29 is 18.0 Å². The number of para-hydroxylation sites is 4. The maximum Gasteiger partial charge on any atom is 0.696 e. The van der Waals surface area contributed by atoms with Gasteiger partial charge in [0, 0.05) is 6.55 Å². The third-order valence-corrected chi connectivity index (χ3v) is 5.26. The van der Waals surface area contributed by atoms with E-state index in [4.69, 9.17) is 18.0 Å². The van der Waals surface area contributed by atoms with Crippen molar-refractivity contribution in [1.29, 1.82) is 0 Å². The summed E-state index contributed by atoms with van der Waals surface area (Å²) in [4.78, 5) is 0. The lowest BCUT2D eigenvalue weighted by molar-refractivity contribution is 0.264. The molecule has 0 radical (unpaired) electrons. The molecule has 0 aromatic heterocycles. The van der Waals surface area contributed by atoms with E-state index >= 15 is 0 Å². The van der Waals surface area contributed by atoms with Gasteiger partial charge in [-0.25, -0.2) is 0 Å². The molecular weight excluding hydrogens is 332 g/mol. The van der Waals surface area contributed by atoms with Gasteiger partial charge in [-0.1, -0.05) is 48.5 Å². The van der Waals surface area contributed by atoms with Gasteiger partial charge in [0.15, 0.2) is 11.5 Å². The van der Waals surface area contributed by atoms with Crippen LogP contribution in [0.4, 0.5) is 0 Å². The van der Waals surface area contributed by atoms with Crippen molar-refractivity contribution >= 4 is 8.80 Å². The van der Waals surface area contributed by atoms with Crippen LogP contribution in [0.25, 0.3) is 0 Å². The number of ether oxygens (including phenoxy) is 1. The van der Waals surface area contributed by atoms with Crippen molar-refractivity contribution in [3.8, 4) is 23.0 Å². The summed E-state index contributed by atoms with van der Waals surface area (Å²) in [5.74, 6) is 2.62. The first-order chi connectivity index (χ1) is 12.2. The van der Waals surface area contributed by atoms with Gasteiger partial charge in [0.2, 0.25) is 0 Å². The van der Waals surface area contributed by atoms with E-state index in [0.717, 1.165) is 0 Å². The summed E-state index contributed by atoms with van der Waals surface area (Å²) in [6, 6.07) is 26.5. The number of methoxy groups -OCH3 is 1. The Morgan fingerprint density at radius 2 is 1.00 bits per heavy atom. The molecule has 4 nitrogen and oxygen atoms in total. The van der Waals surface area contributed by atoms with Crippen LogP contribution in [0, 0.1) is 0 Å². The topological polar surface area (TPSA) is 36.9 Å². The largest absolute Gasteiger partial charge is 0.696 e. The Morgan fingerprint density at radius 1 is 0.560 bits per heavy atom. The van der Waals surface area contributed by atoms with Crippen LogP contribution in [0.15, 0.2) is 84.9 Å². The van der Waals surface area contributed by atoms with E-state index < -0.39 is 8.80 Å². The minimum absolute atomic E-state index is 0.589. The first-order valence-corrected chi connectivity index (χ1v) is 10.2. The van der Waals surface area contributed by atoms with E-state index in [9.17, 15) is 0 Å². The van der Waals surface area contributed by atoms with Crippen LogP contribution >= 0.6 is 0 Å². The molecule has 0 fully saturated rings. The van der Waals surface area contributed by atoms with Gasteiger partial charge in [0.1, 0.15) is 11.5 Å². The zero-order valence-corrected chi connectivity index (χ0v) is 15.2. The molecule has 0 N–H and O–H groups in total. The smallest absolute Gasteiger partial charge is 0.493 e. The van der Waals surface area contributed by atoms with Gasteiger partial charge in [-0.3, -0.25) is 0 Å². The van der Waals surface area contributed by atoms with E-state index in [2.05, 4.69) is 0 Å². The molecular formula is C20H20O4Si.